The molecule has 0 radical (unpaired) electrons. The maximum absolute atomic E-state index is 6.17. The minimum Gasteiger partial charge on any atom is -0.381 e. The van der Waals surface area contributed by atoms with Gasteiger partial charge < -0.3 is 10.1 Å². The van der Waals surface area contributed by atoms with Gasteiger partial charge in [0.25, 0.3) is 0 Å². The highest BCUT2D eigenvalue weighted by Crippen LogP contribution is 2.25. The lowest BCUT2D eigenvalue weighted by atomic mass is 10.2. The van der Waals surface area contributed by atoms with E-state index in [-0.39, 0.29) is 0 Å². The number of hydrogen-bond donors (Lipinski definition) is 1. The molecule has 0 aliphatic carbocycles. The Labute approximate surface area is 160 Å². The second kappa shape index (κ2) is 12.3. The van der Waals surface area contributed by atoms with E-state index in [4.69, 9.17) is 27.9 Å². The highest BCUT2D eigenvalue weighted by atomic mass is 35.5. The summed E-state index contributed by atoms with van der Waals surface area (Å²) < 4.78 is 5.66. The predicted octanol–water partition coefficient (Wildman–Crippen LogP) is 5.30. The summed E-state index contributed by atoms with van der Waals surface area (Å²) in [5.41, 5.74) is 2.14. The van der Waals surface area contributed by atoms with Gasteiger partial charge in [-0.3, -0.25) is 4.98 Å². The summed E-state index contributed by atoms with van der Waals surface area (Å²) >= 11 is 12.2. The van der Waals surface area contributed by atoms with E-state index in [0.717, 1.165) is 56.8 Å². The van der Waals surface area contributed by atoms with Gasteiger partial charge in [0.15, 0.2) is 0 Å². The number of benzene rings is 1. The van der Waals surface area contributed by atoms with Crippen molar-refractivity contribution in [3.8, 4) is 0 Å². The summed E-state index contributed by atoms with van der Waals surface area (Å²) in [6.07, 6.45) is 7.39. The van der Waals surface area contributed by atoms with Crippen molar-refractivity contribution in [3.05, 3.63) is 63.9 Å². The Morgan fingerprint density at radius 1 is 0.920 bits per heavy atom. The van der Waals surface area contributed by atoms with Crippen LogP contribution in [0.5, 0.6) is 0 Å². The minimum absolute atomic E-state index is 0.615. The SMILES string of the molecule is Clc1cccc(CNCCCCCCOCCc2ccccn2)c1Cl. The standard InChI is InChI=1S/C20H26Cl2N2O/c21-19-10-7-8-17(20(19)22)16-23-12-4-1-2-6-14-25-15-11-18-9-3-5-13-24-18/h3,5,7-10,13,23H,1-2,4,6,11-12,14-16H2. The van der Waals surface area contributed by atoms with Crippen LogP contribution in [-0.2, 0) is 17.7 Å². The fourth-order valence-corrected chi connectivity index (χ4v) is 2.93. The maximum Gasteiger partial charge on any atom is 0.0637 e. The number of hydrogen-bond acceptors (Lipinski definition) is 3. The molecule has 0 bridgehead atoms. The fourth-order valence-electron chi connectivity index (χ4n) is 2.54. The molecule has 0 unspecified atom stereocenters. The molecule has 0 aliphatic heterocycles. The number of halogens is 2. The first-order valence-corrected chi connectivity index (χ1v) is 9.64. The van der Waals surface area contributed by atoms with Crippen LogP contribution in [0.1, 0.15) is 36.9 Å². The Bertz CT molecular complexity index is 608. The zero-order chi connectivity index (χ0) is 17.7. The maximum atomic E-state index is 6.17. The molecule has 0 saturated carbocycles. The normalized spacial score (nSPS) is 11.0. The summed E-state index contributed by atoms with van der Waals surface area (Å²) in [5, 5.41) is 4.68. The summed E-state index contributed by atoms with van der Waals surface area (Å²) in [7, 11) is 0. The van der Waals surface area contributed by atoms with Crippen LogP contribution in [-0.4, -0.2) is 24.7 Å². The van der Waals surface area contributed by atoms with Crippen molar-refractivity contribution in [2.45, 2.75) is 38.6 Å². The van der Waals surface area contributed by atoms with E-state index < -0.39 is 0 Å². The van der Waals surface area contributed by atoms with Gasteiger partial charge in [-0.25, -0.2) is 0 Å². The van der Waals surface area contributed by atoms with Gasteiger partial charge in [0.2, 0.25) is 0 Å². The molecule has 0 aliphatic rings. The molecule has 25 heavy (non-hydrogen) atoms. The second-order valence-corrected chi connectivity index (χ2v) is 6.77. The Kier molecular flexibility index (Phi) is 9.90. The van der Waals surface area contributed by atoms with Crippen molar-refractivity contribution >= 4 is 23.2 Å². The third kappa shape index (κ3) is 8.19. The van der Waals surface area contributed by atoms with Crippen molar-refractivity contribution in [1.29, 1.82) is 0 Å². The van der Waals surface area contributed by atoms with Crippen LogP contribution in [0.15, 0.2) is 42.6 Å². The first-order valence-electron chi connectivity index (χ1n) is 8.88. The topological polar surface area (TPSA) is 34.1 Å². The van der Waals surface area contributed by atoms with Gasteiger partial charge in [-0.2, -0.15) is 0 Å². The van der Waals surface area contributed by atoms with Crippen molar-refractivity contribution in [1.82, 2.24) is 10.3 Å². The molecule has 0 atom stereocenters. The summed E-state index contributed by atoms with van der Waals surface area (Å²) in [6, 6.07) is 11.7. The zero-order valence-corrected chi connectivity index (χ0v) is 16.0. The van der Waals surface area contributed by atoms with E-state index in [1.54, 1.807) is 0 Å². The first kappa shape index (κ1) is 20.2. The number of ether oxygens (including phenoxy) is 1. The van der Waals surface area contributed by atoms with Crippen LogP contribution in [0.25, 0.3) is 0 Å². The van der Waals surface area contributed by atoms with E-state index in [0.29, 0.717) is 10.0 Å². The highest BCUT2D eigenvalue weighted by Gasteiger charge is 2.03. The zero-order valence-electron chi connectivity index (χ0n) is 14.5. The lowest BCUT2D eigenvalue weighted by Crippen LogP contribution is -2.15. The quantitative estimate of drug-likeness (QED) is 0.507. The number of nitrogens with one attached hydrogen (secondary N) is 1. The van der Waals surface area contributed by atoms with Crippen molar-refractivity contribution < 1.29 is 4.74 Å². The highest BCUT2D eigenvalue weighted by molar-refractivity contribution is 6.42. The van der Waals surface area contributed by atoms with Crippen LogP contribution in [0.2, 0.25) is 10.0 Å². The average molecular weight is 381 g/mol. The van der Waals surface area contributed by atoms with Crippen molar-refractivity contribution in [3.63, 3.8) is 0 Å². The molecule has 1 aromatic heterocycles. The Morgan fingerprint density at radius 3 is 2.64 bits per heavy atom. The van der Waals surface area contributed by atoms with E-state index in [1.165, 1.54) is 12.8 Å². The molecule has 136 valence electrons. The summed E-state index contributed by atoms with van der Waals surface area (Å²) in [5.74, 6) is 0. The molecule has 2 rings (SSSR count). The molecule has 2 aromatic rings. The lowest BCUT2D eigenvalue weighted by Gasteiger charge is -2.08. The molecule has 3 nitrogen and oxygen atoms in total. The molecular formula is C20H26Cl2N2O. The number of nitrogens with zero attached hydrogens (tertiary/aromatic N) is 1. The minimum atomic E-state index is 0.615. The lowest BCUT2D eigenvalue weighted by molar-refractivity contribution is 0.132. The third-order valence-electron chi connectivity index (χ3n) is 3.97. The third-order valence-corrected chi connectivity index (χ3v) is 4.83. The number of aromatic nitrogens is 1. The number of rotatable bonds is 12. The van der Waals surface area contributed by atoms with E-state index in [9.17, 15) is 0 Å². The largest absolute Gasteiger partial charge is 0.381 e. The van der Waals surface area contributed by atoms with Crippen molar-refractivity contribution in [2.24, 2.45) is 0 Å². The number of pyridine rings is 1. The van der Waals surface area contributed by atoms with Crippen molar-refractivity contribution in [2.75, 3.05) is 19.8 Å². The van der Waals surface area contributed by atoms with Gasteiger partial charge in [-0.1, -0.05) is 54.2 Å². The van der Waals surface area contributed by atoms with E-state index in [2.05, 4.69) is 10.3 Å². The average Bonchev–Trinajstić information content (AvgIpc) is 2.64. The van der Waals surface area contributed by atoms with E-state index >= 15 is 0 Å². The number of unbranched alkanes of at least 4 members (excludes halogenated alkanes) is 3. The van der Waals surface area contributed by atoms with Gasteiger partial charge in [0.05, 0.1) is 16.7 Å². The smallest absolute Gasteiger partial charge is 0.0637 e. The van der Waals surface area contributed by atoms with Crippen LogP contribution in [0.4, 0.5) is 0 Å². The second-order valence-electron chi connectivity index (χ2n) is 5.99. The van der Waals surface area contributed by atoms with E-state index in [1.807, 2.05) is 42.6 Å². The van der Waals surface area contributed by atoms with Crippen LogP contribution >= 0.6 is 23.2 Å². The van der Waals surface area contributed by atoms with Gasteiger partial charge in [-0.05, 0) is 43.1 Å². The molecule has 0 spiro atoms. The van der Waals surface area contributed by atoms with Gasteiger partial charge in [0, 0.05) is 31.5 Å². The van der Waals surface area contributed by atoms with Gasteiger partial charge >= 0.3 is 0 Å². The van der Waals surface area contributed by atoms with Gasteiger partial charge in [0.1, 0.15) is 0 Å². The Morgan fingerprint density at radius 2 is 1.80 bits per heavy atom. The Balaban J connectivity index is 1.40. The monoisotopic (exact) mass is 380 g/mol. The van der Waals surface area contributed by atoms with Crippen LogP contribution in [0.3, 0.4) is 0 Å². The molecule has 1 N–H and O–H groups in total. The molecular weight excluding hydrogens is 355 g/mol. The molecule has 5 heteroatoms. The van der Waals surface area contributed by atoms with Crippen LogP contribution < -0.4 is 5.32 Å². The van der Waals surface area contributed by atoms with Crippen LogP contribution in [0, 0.1) is 0 Å². The predicted molar refractivity (Wildman–Crippen MR) is 105 cm³/mol. The molecule has 0 saturated heterocycles. The fraction of sp³-hybridized carbons (Fsp3) is 0.450. The molecule has 1 aromatic carbocycles. The summed E-state index contributed by atoms with van der Waals surface area (Å²) in [4.78, 5) is 4.28. The molecule has 0 fully saturated rings. The summed E-state index contributed by atoms with van der Waals surface area (Å²) in [6.45, 7) is 3.33. The van der Waals surface area contributed by atoms with Gasteiger partial charge in [-0.15, -0.1) is 0 Å². The molecule has 0 amide bonds. The Hall–Kier alpha value is -1.13. The molecule has 1 heterocycles. The first-order chi connectivity index (χ1) is 12.3.